The van der Waals surface area contributed by atoms with Gasteiger partial charge in [-0.2, -0.15) is 0 Å². The summed E-state index contributed by atoms with van der Waals surface area (Å²) >= 11 is 0. The predicted molar refractivity (Wildman–Crippen MR) is 101 cm³/mol. The molecule has 4 nitrogen and oxygen atoms in total. The van der Waals surface area contributed by atoms with Crippen molar-refractivity contribution in [2.24, 2.45) is 17.8 Å². The van der Waals surface area contributed by atoms with Crippen LogP contribution in [0.15, 0.2) is 0 Å². The summed E-state index contributed by atoms with van der Waals surface area (Å²) in [6.07, 6.45) is 6.23. The highest BCUT2D eigenvalue weighted by atomic mass is 16.6. The van der Waals surface area contributed by atoms with Crippen molar-refractivity contribution >= 4 is 6.09 Å². The van der Waals surface area contributed by atoms with Gasteiger partial charge in [0.05, 0.1) is 0 Å². The van der Waals surface area contributed by atoms with Crippen LogP contribution in [0.5, 0.6) is 0 Å². The Morgan fingerprint density at radius 3 is 2.38 bits per heavy atom. The third-order valence-corrected chi connectivity index (χ3v) is 4.71. The lowest BCUT2D eigenvalue weighted by Crippen LogP contribution is -2.50. The zero-order valence-electron chi connectivity index (χ0n) is 16.9. The lowest BCUT2D eigenvalue weighted by Gasteiger charge is -2.35. The minimum Gasteiger partial charge on any atom is -0.444 e. The van der Waals surface area contributed by atoms with E-state index in [1.165, 1.54) is 32.1 Å². The van der Waals surface area contributed by atoms with Gasteiger partial charge in [0.2, 0.25) is 0 Å². The van der Waals surface area contributed by atoms with E-state index in [1.54, 1.807) is 0 Å². The molecule has 24 heavy (non-hydrogen) atoms. The highest BCUT2D eigenvalue weighted by Gasteiger charge is 2.26. The molecule has 0 bridgehead atoms. The standard InChI is InChI=1S/C20H40N2O2/c1-14(2)11-16-9-8-10-17(12-16)22-18(15(3)4)13-21-19(23)24-20(5,6)7/h14-18,22H,8-13H2,1-7H3,(H,21,23). The normalized spacial score (nSPS) is 23.4. The van der Waals surface area contributed by atoms with Gasteiger partial charge in [0, 0.05) is 18.6 Å². The largest absolute Gasteiger partial charge is 0.444 e. The van der Waals surface area contributed by atoms with E-state index in [4.69, 9.17) is 4.74 Å². The fourth-order valence-electron chi connectivity index (χ4n) is 3.62. The van der Waals surface area contributed by atoms with E-state index in [9.17, 15) is 4.79 Å². The molecule has 0 heterocycles. The molecule has 3 unspecified atom stereocenters. The van der Waals surface area contributed by atoms with Gasteiger partial charge >= 0.3 is 6.09 Å². The number of ether oxygens (including phenoxy) is 1. The van der Waals surface area contributed by atoms with Gasteiger partial charge in [0.25, 0.3) is 0 Å². The van der Waals surface area contributed by atoms with Crippen LogP contribution >= 0.6 is 0 Å². The maximum absolute atomic E-state index is 11.9. The summed E-state index contributed by atoms with van der Waals surface area (Å²) in [7, 11) is 0. The number of nitrogens with one attached hydrogen (secondary N) is 2. The Morgan fingerprint density at radius 1 is 1.17 bits per heavy atom. The van der Waals surface area contributed by atoms with E-state index in [2.05, 4.69) is 38.3 Å². The first-order chi connectivity index (χ1) is 11.1. The van der Waals surface area contributed by atoms with Crippen LogP contribution in [0.2, 0.25) is 0 Å². The van der Waals surface area contributed by atoms with E-state index in [1.807, 2.05) is 20.8 Å². The molecule has 4 heteroatoms. The molecule has 0 spiro atoms. The first-order valence-corrected chi connectivity index (χ1v) is 9.79. The second-order valence-electron chi connectivity index (χ2n) is 9.26. The predicted octanol–water partition coefficient (Wildman–Crippen LogP) is 4.73. The van der Waals surface area contributed by atoms with E-state index in [0.717, 1.165) is 11.8 Å². The summed E-state index contributed by atoms with van der Waals surface area (Å²) in [4.78, 5) is 11.9. The molecule has 0 aromatic heterocycles. The van der Waals surface area contributed by atoms with Crippen LogP contribution in [-0.4, -0.2) is 30.3 Å². The van der Waals surface area contributed by atoms with Crippen LogP contribution in [0.4, 0.5) is 4.79 Å². The first kappa shape index (κ1) is 21.3. The molecule has 0 radical (unpaired) electrons. The van der Waals surface area contributed by atoms with Gasteiger partial charge in [-0.25, -0.2) is 4.79 Å². The molecule has 0 aromatic carbocycles. The van der Waals surface area contributed by atoms with Crippen molar-refractivity contribution in [3.05, 3.63) is 0 Å². The number of hydrogen-bond acceptors (Lipinski definition) is 3. The number of amides is 1. The molecular weight excluding hydrogens is 300 g/mol. The molecule has 1 saturated carbocycles. The molecule has 0 aliphatic heterocycles. The van der Waals surface area contributed by atoms with E-state index >= 15 is 0 Å². The van der Waals surface area contributed by atoms with Gasteiger partial charge in [-0.1, -0.05) is 40.5 Å². The van der Waals surface area contributed by atoms with Crippen LogP contribution in [-0.2, 0) is 4.74 Å². The summed E-state index contributed by atoms with van der Waals surface area (Å²) in [6.45, 7) is 15.4. The summed E-state index contributed by atoms with van der Waals surface area (Å²) in [6, 6.07) is 0.871. The number of rotatable bonds is 7. The SMILES string of the molecule is CC(C)CC1CCCC(NC(CNC(=O)OC(C)(C)C)C(C)C)C1. The van der Waals surface area contributed by atoms with Gasteiger partial charge in [0.15, 0.2) is 0 Å². The monoisotopic (exact) mass is 340 g/mol. The van der Waals surface area contributed by atoms with Gasteiger partial charge in [-0.05, 0) is 57.8 Å². The van der Waals surface area contributed by atoms with Crippen LogP contribution in [0.3, 0.4) is 0 Å². The van der Waals surface area contributed by atoms with E-state index in [-0.39, 0.29) is 6.09 Å². The van der Waals surface area contributed by atoms with Gasteiger partial charge in [-0.3, -0.25) is 0 Å². The minimum atomic E-state index is -0.446. The molecule has 3 atom stereocenters. The molecule has 1 aliphatic rings. The Bertz CT molecular complexity index is 374. The average Bonchev–Trinajstić information content (AvgIpc) is 2.40. The second-order valence-corrected chi connectivity index (χ2v) is 9.26. The zero-order chi connectivity index (χ0) is 18.3. The average molecular weight is 341 g/mol. The third-order valence-electron chi connectivity index (χ3n) is 4.71. The van der Waals surface area contributed by atoms with Crippen molar-refractivity contribution < 1.29 is 9.53 Å². The van der Waals surface area contributed by atoms with Gasteiger partial charge < -0.3 is 15.4 Å². The second kappa shape index (κ2) is 9.65. The van der Waals surface area contributed by atoms with Crippen molar-refractivity contribution in [2.45, 2.75) is 98.3 Å². The van der Waals surface area contributed by atoms with Crippen molar-refractivity contribution in [3.63, 3.8) is 0 Å². The highest BCUT2D eigenvalue weighted by molar-refractivity contribution is 5.67. The smallest absolute Gasteiger partial charge is 0.407 e. The molecule has 2 N–H and O–H groups in total. The lowest BCUT2D eigenvalue weighted by atomic mass is 9.80. The van der Waals surface area contributed by atoms with Crippen LogP contribution in [0, 0.1) is 17.8 Å². The highest BCUT2D eigenvalue weighted by Crippen LogP contribution is 2.29. The molecule has 0 aromatic rings. The number of hydrogen-bond donors (Lipinski definition) is 2. The molecule has 0 saturated heterocycles. The maximum atomic E-state index is 11.9. The summed E-state index contributed by atoms with van der Waals surface area (Å²) in [5, 5.41) is 6.74. The van der Waals surface area contributed by atoms with Crippen LogP contribution in [0.1, 0.15) is 80.6 Å². The summed E-state index contributed by atoms with van der Waals surface area (Å²) in [5.74, 6) is 2.11. The third kappa shape index (κ3) is 8.91. The van der Waals surface area contributed by atoms with Crippen molar-refractivity contribution in [1.29, 1.82) is 0 Å². The fourth-order valence-corrected chi connectivity index (χ4v) is 3.62. The lowest BCUT2D eigenvalue weighted by molar-refractivity contribution is 0.0517. The molecule has 1 amide bonds. The molecule has 1 rings (SSSR count). The van der Waals surface area contributed by atoms with Crippen molar-refractivity contribution in [3.8, 4) is 0 Å². The zero-order valence-corrected chi connectivity index (χ0v) is 16.9. The maximum Gasteiger partial charge on any atom is 0.407 e. The number of carbonyl (C=O) groups is 1. The Kier molecular flexibility index (Phi) is 8.55. The summed E-state index contributed by atoms with van der Waals surface area (Å²) in [5.41, 5.74) is -0.446. The van der Waals surface area contributed by atoms with Crippen LogP contribution in [0.25, 0.3) is 0 Å². The van der Waals surface area contributed by atoms with E-state index in [0.29, 0.717) is 24.5 Å². The van der Waals surface area contributed by atoms with Crippen LogP contribution < -0.4 is 10.6 Å². The Balaban J connectivity index is 2.46. The minimum absolute atomic E-state index is 0.292. The number of alkyl carbamates (subject to hydrolysis) is 1. The Hall–Kier alpha value is -0.770. The summed E-state index contributed by atoms with van der Waals surface area (Å²) < 4.78 is 5.34. The van der Waals surface area contributed by atoms with Crippen molar-refractivity contribution in [2.75, 3.05) is 6.54 Å². The van der Waals surface area contributed by atoms with Gasteiger partial charge in [0.1, 0.15) is 5.60 Å². The Labute approximate surface area is 149 Å². The molecule has 142 valence electrons. The van der Waals surface area contributed by atoms with Gasteiger partial charge in [-0.15, -0.1) is 0 Å². The number of carbonyl (C=O) groups excluding carboxylic acids is 1. The molecule has 1 aliphatic carbocycles. The Morgan fingerprint density at radius 2 is 1.83 bits per heavy atom. The topological polar surface area (TPSA) is 50.4 Å². The quantitative estimate of drug-likeness (QED) is 0.704. The van der Waals surface area contributed by atoms with Crippen molar-refractivity contribution in [1.82, 2.24) is 10.6 Å². The van der Waals surface area contributed by atoms with E-state index < -0.39 is 5.60 Å². The molecular formula is C20H40N2O2. The first-order valence-electron chi connectivity index (χ1n) is 9.79. The molecule has 1 fully saturated rings. The fraction of sp³-hybridized carbons (Fsp3) is 0.950.